The number of amides is 2. The average molecular weight is 456 g/mol. The number of imide groups is 1. The van der Waals surface area contributed by atoms with E-state index in [1.807, 2.05) is 0 Å². The van der Waals surface area contributed by atoms with Crippen LogP contribution in [0.4, 0.5) is 0 Å². The lowest BCUT2D eigenvalue weighted by atomic mass is 10.1. The van der Waals surface area contributed by atoms with Gasteiger partial charge in [0.05, 0.1) is 17.7 Å². The Balaban J connectivity index is 1.55. The second-order valence-electron chi connectivity index (χ2n) is 6.94. The van der Waals surface area contributed by atoms with Crippen LogP contribution in [0.5, 0.6) is 0 Å². The predicted molar refractivity (Wildman–Crippen MR) is 118 cm³/mol. The molecule has 0 atom stereocenters. The van der Waals surface area contributed by atoms with Gasteiger partial charge in [-0.3, -0.25) is 19.3 Å². The van der Waals surface area contributed by atoms with E-state index in [9.17, 15) is 19.2 Å². The Bertz CT molecular complexity index is 1040. The number of rotatable bonds is 10. The Morgan fingerprint density at radius 2 is 1.62 bits per heavy atom. The monoisotopic (exact) mass is 455 g/mol. The van der Waals surface area contributed by atoms with E-state index in [4.69, 9.17) is 21.1 Å². The molecular weight excluding hydrogens is 434 g/mol. The highest BCUT2D eigenvalue weighted by molar-refractivity contribution is 6.32. The number of hydrogen-bond donors (Lipinski definition) is 0. The minimum absolute atomic E-state index is 0.118. The summed E-state index contributed by atoms with van der Waals surface area (Å²) >= 11 is 6.12. The molecule has 0 saturated heterocycles. The van der Waals surface area contributed by atoms with Gasteiger partial charge < -0.3 is 9.47 Å². The van der Waals surface area contributed by atoms with Crippen molar-refractivity contribution in [3.63, 3.8) is 0 Å². The number of halogens is 1. The Morgan fingerprint density at radius 1 is 1.00 bits per heavy atom. The summed E-state index contributed by atoms with van der Waals surface area (Å²) in [5, 5.41) is 0.393. The van der Waals surface area contributed by atoms with Crippen LogP contribution in [0.2, 0.25) is 5.02 Å². The number of ketones is 1. The Morgan fingerprint density at radius 3 is 2.25 bits per heavy atom. The molecule has 0 fully saturated rings. The van der Waals surface area contributed by atoms with Crippen molar-refractivity contribution in [3.8, 4) is 0 Å². The van der Waals surface area contributed by atoms with Crippen LogP contribution in [0.15, 0.2) is 54.1 Å². The van der Waals surface area contributed by atoms with Crippen LogP contribution < -0.4 is 0 Å². The first-order chi connectivity index (χ1) is 15.4. The average Bonchev–Trinajstić information content (AvgIpc) is 3.03. The van der Waals surface area contributed by atoms with E-state index in [1.54, 1.807) is 55.5 Å². The second kappa shape index (κ2) is 10.8. The van der Waals surface area contributed by atoms with E-state index < -0.39 is 11.8 Å². The van der Waals surface area contributed by atoms with Gasteiger partial charge in [-0.1, -0.05) is 41.9 Å². The molecule has 32 heavy (non-hydrogen) atoms. The largest absolute Gasteiger partial charge is 0.462 e. The number of hydrogen-bond acceptors (Lipinski definition) is 6. The zero-order chi connectivity index (χ0) is 23.1. The molecule has 0 N–H and O–H groups in total. The van der Waals surface area contributed by atoms with E-state index in [2.05, 4.69) is 0 Å². The first kappa shape index (κ1) is 23.4. The summed E-state index contributed by atoms with van der Waals surface area (Å²) in [6.07, 6.45) is 1.73. The van der Waals surface area contributed by atoms with Crippen molar-refractivity contribution in [2.75, 3.05) is 26.4 Å². The van der Waals surface area contributed by atoms with E-state index in [0.717, 1.165) is 4.90 Å². The number of carbonyl (C=O) groups is 4. The molecule has 0 spiro atoms. The molecule has 0 saturated carbocycles. The third-order valence-corrected chi connectivity index (χ3v) is 5.13. The highest BCUT2D eigenvalue weighted by Gasteiger charge is 2.34. The van der Waals surface area contributed by atoms with Gasteiger partial charge in [0.2, 0.25) is 0 Å². The van der Waals surface area contributed by atoms with Gasteiger partial charge in [0.1, 0.15) is 12.2 Å². The van der Waals surface area contributed by atoms with Crippen molar-refractivity contribution >= 4 is 41.2 Å². The normalized spacial score (nSPS) is 13.3. The number of fused-ring (bicyclic) bond motifs is 1. The lowest BCUT2D eigenvalue weighted by molar-refractivity contribution is -0.140. The lowest BCUT2D eigenvalue weighted by Gasteiger charge is -2.13. The molecule has 2 aromatic rings. The maximum atomic E-state index is 12.6. The molecule has 7 nitrogen and oxygen atoms in total. The zero-order valence-corrected chi connectivity index (χ0v) is 18.3. The standard InChI is InChI=1S/C24H22ClNO6/c1-2-32-24(30)19(14-16-8-3-6-11-20(16)25)21(27)15-31-13-7-12-26-22(28)17-9-4-5-10-18(17)23(26)29/h3-6,8-11,14H,2,7,12-13,15H2,1H3. The molecule has 1 aliphatic heterocycles. The third kappa shape index (κ3) is 5.30. The minimum Gasteiger partial charge on any atom is -0.462 e. The molecule has 2 aromatic carbocycles. The van der Waals surface area contributed by atoms with Gasteiger partial charge >= 0.3 is 5.97 Å². The van der Waals surface area contributed by atoms with Crippen molar-refractivity contribution < 1.29 is 28.7 Å². The quantitative estimate of drug-likeness (QED) is 0.136. The van der Waals surface area contributed by atoms with Gasteiger partial charge in [-0.05, 0) is 43.2 Å². The summed E-state index contributed by atoms with van der Waals surface area (Å²) < 4.78 is 10.4. The fourth-order valence-electron chi connectivity index (χ4n) is 3.22. The van der Waals surface area contributed by atoms with Crippen molar-refractivity contribution in [2.24, 2.45) is 0 Å². The number of ether oxygens (including phenoxy) is 2. The van der Waals surface area contributed by atoms with E-state index in [-0.39, 0.29) is 43.8 Å². The summed E-state index contributed by atoms with van der Waals surface area (Å²) in [7, 11) is 0. The van der Waals surface area contributed by atoms with E-state index in [1.165, 1.54) is 6.08 Å². The van der Waals surface area contributed by atoms with Crippen molar-refractivity contribution in [1.82, 2.24) is 4.90 Å². The van der Waals surface area contributed by atoms with E-state index >= 15 is 0 Å². The number of Topliss-reactive ketones (excluding diaryl/α,β-unsaturated/α-hetero) is 1. The van der Waals surface area contributed by atoms with Gasteiger partial charge in [-0.25, -0.2) is 4.79 Å². The Labute approximate surface area is 190 Å². The molecular formula is C24H22ClNO6. The van der Waals surface area contributed by atoms with Gasteiger partial charge in [0.15, 0.2) is 5.78 Å². The number of carbonyl (C=O) groups excluding carboxylic acids is 4. The first-order valence-corrected chi connectivity index (χ1v) is 10.5. The third-order valence-electron chi connectivity index (χ3n) is 4.78. The van der Waals surface area contributed by atoms with Crippen LogP contribution in [0.3, 0.4) is 0 Å². The molecule has 0 unspecified atom stereocenters. The van der Waals surface area contributed by atoms with Gasteiger partial charge in [0, 0.05) is 18.2 Å². The highest BCUT2D eigenvalue weighted by Crippen LogP contribution is 2.22. The van der Waals surface area contributed by atoms with Crippen LogP contribution in [-0.4, -0.2) is 54.8 Å². The molecule has 8 heteroatoms. The maximum Gasteiger partial charge on any atom is 0.341 e. The molecule has 0 aliphatic carbocycles. The fraction of sp³-hybridized carbons (Fsp3) is 0.250. The van der Waals surface area contributed by atoms with E-state index in [0.29, 0.717) is 28.1 Å². The summed E-state index contributed by atoms with van der Waals surface area (Å²) in [5.74, 6) is -1.99. The van der Waals surface area contributed by atoms with Crippen LogP contribution in [0.1, 0.15) is 39.6 Å². The van der Waals surface area contributed by atoms with Gasteiger partial charge in [0.25, 0.3) is 11.8 Å². The smallest absolute Gasteiger partial charge is 0.341 e. The number of nitrogens with zero attached hydrogens (tertiary/aromatic N) is 1. The summed E-state index contributed by atoms with van der Waals surface area (Å²) in [6, 6.07) is 13.5. The second-order valence-corrected chi connectivity index (χ2v) is 7.34. The summed E-state index contributed by atoms with van der Waals surface area (Å²) in [5.41, 5.74) is 1.12. The summed E-state index contributed by atoms with van der Waals surface area (Å²) in [6.45, 7) is 1.71. The predicted octanol–water partition coefficient (Wildman–Crippen LogP) is 3.56. The van der Waals surface area contributed by atoms with Crippen molar-refractivity contribution in [2.45, 2.75) is 13.3 Å². The van der Waals surface area contributed by atoms with Crippen LogP contribution in [0.25, 0.3) is 6.08 Å². The highest BCUT2D eigenvalue weighted by atomic mass is 35.5. The molecule has 3 rings (SSSR count). The SMILES string of the molecule is CCOC(=O)C(=Cc1ccccc1Cl)C(=O)COCCCN1C(=O)c2ccccc2C1=O. The van der Waals surface area contributed by atoms with Crippen molar-refractivity contribution in [1.29, 1.82) is 0 Å². The van der Waals surface area contributed by atoms with Gasteiger partial charge in [-0.2, -0.15) is 0 Å². The number of esters is 1. The maximum absolute atomic E-state index is 12.6. The molecule has 1 heterocycles. The minimum atomic E-state index is -0.757. The molecule has 0 bridgehead atoms. The van der Waals surface area contributed by atoms with Crippen LogP contribution >= 0.6 is 11.6 Å². The molecule has 166 valence electrons. The zero-order valence-electron chi connectivity index (χ0n) is 17.5. The first-order valence-electron chi connectivity index (χ1n) is 10.1. The van der Waals surface area contributed by atoms with Crippen LogP contribution in [-0.2, 0) is 19.1 Å². The topological polar surface area (TPSA) is 90.0 Å². The van der Waals surface area contributed by atoms with Gasteiger partial charge in [-0.15, -0.1) is 0 Å². The van der Waals surface area contributed by atoms with Crippen molar-refractivity contribution in [3.05, 3.63) is 75.8 Å². The number of benzene rings is 2. The Hall–Kier alpha value is -3.29. The lowest BCUT2D eigenvalue weighted by Crippen LogP contribution is -2.31. The summed E-state index contributed by atoms with van der Waals surface area (Å²) in [4.78, 5) is 50.7. The Kier molecular flexibility index (Phi) is 7.92. The molecule has 0 radical (unpaired) electrons. The molecule has 0 aromatic heterocycles. The molecule has 1 aliphatic rings. The van der Waals surface area contributed by atoms with Crippen LogP contribution in [0, 0.1) is 0 Å². The fourth-order valence-corrected chi connectivity index (χ4v) is 3.41. The molecule has 2 amide bonds.